The standard InChI is InChI=1S/C12H19N3O/c13-8-11(16)12-14-7-6-10(15-12)9-4-2-1-3-5-9/h6-7,9,11,16H,1-5,8,13H2. The lowest BCUT2D eigenvalue weighted by Crippen LogP contribution is -2.16. The quantitative estimate of drug-likeness (QED) is 0.811. The van der Waals surface area contributed by atoms with Crippen molar-refractivity contribution >= 4 is 0 Å². The van der Waals surface area contributed by atoms with Crippen LogP contribution in [0, 0.1) is 0 Å². The first-order chi connectivity index (χ1) is 7.81. The lowest BCUT2D eigenvalue weighted by molar-refractivity contribution is 0.176. The largest absolute Gasteiger partial charge is 0.384 e. The van der Waals surface area contributed by atoms with E-state index in [0.29, 0.717) is 11.7 Å². The maximum atomic E-state index is 9.60. The van der Waals surface area contributed by atoms with Crippen molar-refractivity contribution in [2.75, 3.05) is 6.54 Å². The van der Waals surface area contributed by atoms with E-state index >= 15 is 0 Å². The van der Waals surface area contributed by atoms with E-state index in [1.165, 1.54) is 32.1 Å². The second-order valence-electron chi connectivity index (χ2n) is 4.43. The predicted molar refractivity (Wildman–Crippen MR) is 61.9 cm³/mol. The smallest absolute Gasteiger partial charge is 0.158 e. The molecule has 0 saturated heterocycles. The van der Waals surface area contributed by atoms with Gasteiger partial charge in [0.05, 0.1) is 0 Å². The summed E-state index contributed by atoms with van der Waals surface area (Å²) in [7, 11) is 0. The van der Waals surface area contributed by atoms with Gasteiger partial charge in [-0.2, -0.15) is 0 Å². The van der Waals surface area contributed by atoms with Crippen molar-refractivity contribution in [1.29, 1.82) is 0 Å². The number of rotatable bonds is 3. The minimum Gasteiger partial charge on any atom is -0.384 e. The molecule has 0 aliphatic heterocycles. The summed E-state index contributed by atoms with van der Waals surface area (Å²) in [5.74, 6) is 1.01. The SMILES string of the molecule is NCC(O)c1nccc(C2CCCCC2)n1. The summed E-state index contributed by atoms with van der Waals surface area (Å²) < 4.78 is 0. The van der Waals surface area contributed by atoms with Crippen LogP contribution in [0.1, 0.15) is 55.6 Å². The van der Waals surface area contributed by atoms with E-state index in [-0.39, 0.29) is 6.54 Å². The van der Waals surface area contributed by atoms with Crippen molar-refractivity contribution < 1.29 is 5.11 Å². The van der Waals surface area contributed by atoms with Gasteiger partial charge in [0, 0.05) is 24.4 Å². The second-order valence-corrected chi connectivity index (χ2v) is 4.43. The first kappa shape index (κ1) is 11.5. The summed E-state index contributed by atoms with van der Waals surface area (Å²) in [6, 6.07) is 1.96. The molecule has 0 amide bonds. The third-order valence-electron chi connectivity index (χ3n) is 3.24. The predicted octanol–water partition coefficient (Wildman–Crippen LogP) is 1.52. The molecule has 1 atom stereocenters. The Hall–Kier alpha value is -1.00. The number of aromatic nitrogens is 2. The number of nitrogens with two attached hydrogens (primary N) is 1. The van der Waals surface area contributed by atoms with Crippen LogP contribution in [-0.2, 0) is 0 Å². The van der Waals surface area contributed by atoms with Crippen LogP contribution in [0.15, 0.2) is 12.3 Å². The van der Waals surface area contributed by atoms with Crippen LogP contribution in [0.2, 0.25) is 0 Å². The molecule has 16 heavy (non-hydrogen) atoms. The molecule has 4 heteroatoms. The van der Waals surface area contributed by atoms with Crippen molar-refractivity contribution in [3.8, 4) is 0 Å². The molecule has 1 aromatic heterocycles. The van der Waals surface area contributed by atoms with Crippen LogP contribution in [0.25, 0.3) is 0 Å². The van der Waals surface area contributed by atoms with Crippen LogP contribution in [0.5, 0.6) is 0 Å². The molecule has 0 radical (unpaired) electrons. The molecule has 1 aromatic rings. The molecule has 88 valence electrons. The number of nitrogens with zero attached hydrogens (tertiary/aromatic N) is 2. The summed E-state index contributed by atoms with van der Waals surface area (Å²) >= 11 is 0. The van der Waals surface area contributed by atoms with E-state index in [0.717, 1.165) is 5.69 Å². The molecular weight excluding hydrogens is 202 g/mol. The van der Waals surface area contributed by atoms with Gasteiger partial charge in [0.25, 0.3) is 0 Å². The molecule has 0 aromatic carbocycles. The maximum Gasteiger partial charge on any atom is 0.158 e. The number of hydrogen-bond donors (Lipinski definition) is 2. The first-order valence-corrected chi connectivity index (χ1v) is 6.02. The lowest BCUT2D eigenvalue weighted by Gasteiger charge is -2.21. The molecule has 1 unspecified atom stereocenters. The van der Waals surface area contributed by atoms with Gasteiger partial charge >= 0.3 is 0 Å². The fraction of sp³-hybridized carbons (Fsp3) is 0.667. The summed E-state index contributed by atoms with van der Waals surface area (Å²) in [6.45, 7) is 0.175. The summed E-state index contributed by atoms with van der Waals surface area (Å²) in [5, 5.41) is 9.60. The molecule has 1 aliphatic rings. The van der Waals surface area contributed by atoms with E-state index in [1.54, 1.807) is 6.20 Å². The molecule has 2 rings (SSSR count). The van der Waals surface area contributed by atoms with Crippen molar-refractivity contribution in [1.82, 2.24) is 9.97 Å². The third-order valence-corrected chi connectivity index (χ3v) is 3.24. The van der Waals surface area contributed by atoms with Crippen LogP contribution in [-0.4, -0.2) is 21.6 Å². The third kappa shape index (κ3) is 2.57. The highest BCUT2D eigenvalue weighted by Crippen LogP contribution is 2.31. The minimum absolute atomic E-state index is 0.175. The van der Waals surface area contributed by atoms with Gasteiger partial charge in [-0.1, -0.05) is 19.3 Å². The average Bonchev–Trinajstić information content (AvgIpc) is 2.39. The maximum absolute atomic E-state index is 9.60. The molecule has 3 N–H and O–H groups in total. The zero-order valence-corrected chi connectivity index (χ0v) is 9.47. The summed E-state index contributed by atoms with van der Waals surface area (Å²) in [4.78, 5) is 8.49. The van der Waals surface area contributed by atoms with Gasteiger partial charge in [0.1, 0.15) is 6.10 Å². The highest BCUT2D eigenvalue weighted by atomic mass is 16.3. The number of hydrogen-bond acceptors (Lipinski definition) is 4. The topological polar surface area (TPSA) is 72.0 Å². The van der Waals surface area contributed by atoms with Gasteiger partial charge in [-0.25, -0.2) is 9.97 Å². The Kier molecular flexibility index (Phi) is 3.85. The van der Waals surface area contributed by atoms with E-state index < -0.39 is 6.10 Å². The fourth-order valence-electron chi connectivity index (χ4n) is 2.28. The zero-order chi connectivity index (χ0) is 11.4. The summed E-state index contributed by atoms with van der Waals surface area (Å²) in [5.41, 5.74) is 6.47. The highest BCUT2D eigenvalue weighted by molar-refractivity contribution is 5.10. The Morgan fingerprint density at radius 1 is 1.38 bits per heavy atom. The zero-order valence-electron chi connectivity index (χ0n) is 9.47. The first-order valence-electron chi connectivity index (χ1n) is 6.02. The van der Waals surface area contributed by atoms with Crippen LogP contribution < -0.4 is 5.73 Å². The van der Waals surface area contributed by atoms with E-state index in [2.05, 4.69) is 9.97 Å². The Labute approximate surface area is 95.9 Å². The van der Waals surface area contributed by atoms with Crippen molar-refractivity contribution in [2.24, 2.45) is 5.73 Å². The van der Waals surface area contributed by atoms with Crippen LogP contribution >= 0.6 is 0 Å². The normalized spacial score (nSPS) is 19.6. The Morgan fingerprint density at radius 3 is 2.81 bits per heavy atom. The molecule has 0 spiro atoms. The molecule has 1 fully saturated rings. The molecule has 4 nitrogen and oxygen atoms in total. The molecule has 1 aliphatic carbocycles. The van der Waals surface area contributed by atoms with E-state index in [9.17, 15) is 5.11 Å². The molecule has 1 heterocycles. The monoisotopic (exact) mass is 221 g/mol. The molecule has 1 saturated carbocycles. The highest BCUT2D eigenvalue weighted by Gasteiger charge is 2.18. The molecule has 0 bridgehead atoms. The van der Waals surface area contributed by atoms with E-state index in [1.807, 2.05) is 6.07 Å². The molecular formula is C12H19N3O. The number of aliphatic hydroxyl groups excluding tert-OH is 1. The van der Waals surface area contributed by atoms with Gasteiger partial charge in [0.2, 0.25) is 0 Å². The Morgan fingerprint density at radius 2 is 2.12 bits per heavy atom. The van der Waals surface area contributed by atoms with Crippen LogP contribution in [0.3, 0.4) is 0 Å². The van der Waals surface area contributed by atoms with Crippen LogP contribution in [0.4, 0.5) is 0 Å². The summed E-state index contributed by atoms with van der Waals surface area (Å²) in [6.07, 6.45) is 7.30. The van der Waals surface area contributed by atoms with Gasteiger partial charge in [0.15, 0.2) is 5.82 Å². The number of aliphatic hydroxyl groups is 1. The van der Waals surface area contributed by atoms with Gasteiger partial charge in [-0.15, -0.1) is 0 Å². The second kappa shape index (κ2) is 5.37. The Balaban J connectivity index is 2.14. The lowest BCUT2D eigenvalue weighted by atomic mass is 9.87. The minimum atomic E-state index is -0.733. The van der Waals surface area contributed by atoms with Gasteiger partial charge in [-0.3, -0.25) is 0 Å². The van der Waals surface area contributed by atoms with Crippen molar-refractivity contribution in [2.45, 2.75) is 44.1 Å². The van der Waals surface area contributed by atoms with Crippen molar-refractivity contribution in [3.63, 3.8) is 0 Å². The Bertz CT molecular complexity index is 337. The fourth-order valence-corrected chi connectivity index (χ4v) is 2.28. The van der Waals surface area contributed by atoms with Crippen molar-refractivity contribution in [3.05, 3.63) is 23.8 Å². The average molecular weight is 221 g/mol. The van der Waals surface area contributed by atoms with Gasteiger partial charge < -0.3 is 10.8 Å². The van der Waals surface area contributed by atoms with E-state index in [4.69, 9.17) is 5.73 Å². The van der Waals surface area contributed by atoms with Gasteiger partial charge in [-0.05, 0) is 18.9 Å².